The van der Waals surface area contributed by atoms with Gasteiger partial charge in [-0.3, -0.25) is 0 Å². The van der Waals surface area contributed by atoms with Crippen molar-refractivity contribution in [2.75, 3.05) is 20.3 Å². The average molecular weight is 291 g/mol. The van der Waals surface area contributed by atoms with Gasteiger partial charge in [-0.1, -0.05) is 0 Å². The van der Waals surface area contributed by atoms with E-state index in [1.807, 2.05) is 0 Å². The largest absolute Gasteiger partial charge is 0.386 e. The Morgan fingerprint density at radius 1 is 1.47 bits per heavy atom. The van der Waals surface area contributed by atoms with Crippen molar-refractivity contribution in [3.05, 3.63) is 29.6 Å². The third-order valence-corrected chi connectivity index (χ3v) is 3.94. The number of rotatable bonds is 6. The Balaban J connectivity index is 2.84. The molecule has 1 aromatic carbocycles. The summed E-state index contributed by atoms with van der Waals surface area (Å²) in [5, 5.41) is 9.81. The Hall–Kier alpha value is -1.02. The molecule has 0 aliphatic rings. The van der Waals surface area contributed by atoms with Crippen molar-refractivity contribution >= 4 is 10.0 Å². The van der Waals surface area contributed by atoms with Crippen molar-refractivity contribution in [2.24, 2.45) is 0 Å². The number of nitrogens with one attached hydrogen (secondary N) is 1. The Morgan fingerprint density at radius 2 is 2.11 bits per heavy atom. The van der Waals surface area contributed by atoms with Crippen molar-refractivity contribution in [3.8, 4) is 0 Å². The van der Waals surface area contributed by atoms with Gasteiger partial charge >= 0.3 is 0 Å². The van der Waals surface area contributed by atoms with Gasteiger partial charge in [-0.05, 0) is 37.6 Å². The number of sulfonamides is 1. The molecule has 0 heterocycles. The quantitative estimate of drug-likeness (QED) is 0.813. The fraction of sp³-hybridized carbons (Fsp3) is 0.500. The van der Waals surface area contributed by atoms with E-state index in [-0.39, 0.29) is 23.6 Å². The normalized spacial score (nSPS) is 15.2. The molecule has 1 rings (SSSR count). The second-order valence-corrected chi connectivity index (χ2v) is 6.43. The van der Waals surface area contributed by atoms with E-state index in [0.717, 1.165) is 6.07 Å². The standard InChI is InChI=1S/C12H18FNO4S/c1-9-6-10(4-5-11(9)13)19(16,17)14-7-12(2,15)8-18-3/h4-6,14-15H,7-8H2,1-3H3. The molecule has 0 fully saturated rings. The summed E-state index contributed by atoms with van der Waals surface area (Å²) in [5.74, 6) is -0.467. The molecule has 5 nitrogen and oxygen atoms in total. The predicted octanol–water partition coefficient (Wildman–Crippen LogP) is 0.810. The molecule has 0 aliphatic carbocycles. The summed E-state index contributed by atoms with van der Waals surface area (Å²) >= 11 is 0. The number of aliphatic hydroxyl groups is 1. The van der Waals surface area contributed by atoms with Gasteiger partial charge in [0.1, 0.15) is 5.82 Å². The van der Waals surface area contributed by atoms with Crippen LogP contribution in [0.5, 0.6) is 0 Å². The van der Waals surface area contributed by atoms with Gasteiger partial charge < -0.3 is 9.84 Å². The van der Waals surface area contributed by atoms with Crippen LogP contribution in [-0.4, -0.2) is 39.4 Å². The minimum Gasteiger partial charge on any atom is -0.386 e. The molecule has 0 saturated heterocycles. The zero-order valence-corrected chi connectivity index (χ0v) is 11.9. The minimum absolute atomic E-state index is 0.00202. The van der Waals surface area contributed by atoms with Crippen molar-refractivity contribution < 1.29 is 22.7 Å². The van der Waals surface area contributed by atoms with Gasteiger partial charge in [0.05, 0.1) is 17.1 Å². The fourth-order valence-corrected chi connectivity index (χ4v) is 2.73. The second kappa shape index (κ2) is 5.96. The summed E-state index contributed by atoms with van der Waals surface area (Å²) in [6.45, 7) is 2.74. The summed E-state index contributed by atoms with van der Waals surface area (Å²) in [6, 6.07) is 3.51. The first-order valence-electron chi connectivity index (χ1n) is 5.65. The Labute approximate surface area is 112 Å². The maximum absolute atomic E-state index is 13.1. The van der Waals surface area contributed by atoms with E-state index in [0.29, 0.717) is 0 Å². The van der Waals surface area contributed by atoms with Gasteiger partial charge in [0.2, 0.25) is 10.0 Å². The highest BCUT2D eigenvalue weighted by Gasteiger charge is 2.24. The molecule has 108 valence electrons. The summed E-state index contributed by atoms with van der Waals surface area (Å²) in [4.78, 5) is -0.0420. The van der Waals surface area contributed by atoms with Gasteiger partial charge in [-0.25, -0.2) is 17.5 Å². The van der Waals surface area contributed by atoms with Crippen molar-refractivity contribution in [1.29, 1.82) is 0 Å². The summed E-state index contributed by atoms with van der Waals surface area (Å²) in [7, 11) is -2.37. The van der Waals surface area contributed by atoms with Crippen molar-refractivity contribution in [3.63, 3.8) is 0 Å². The molecule has 0 saturated carbocycles. The first-order valence-corrected chi connectivity index (χ1v) is 7.13. The SMILES string of the molecule is COCC(C)(O)CNS(=O)(=O)c1ccc(F)c(C)c1. The predicted molar refractivity (Wildman–Crippen MR) is 68.8 cm³/mol. The molecule has 1 unspecified atom stereocenters. The number of halogens is 1. The average Bonchev–Trinajstić information content (AvgIpc) is 2.30. The van der Waals surface area contributed by atoms with E-state index in [9.17, 15) is 17.9 Å². The van der Waals surface area contributed by atoms with Crippen LogP contribution in [-0.2, 0) is 14.8 Å². The molecule has 1 aromatic rings. The van der Waals surface area contributed by atoms with Crippen molar-refractivity contribution in [1.82, 2.24) is 4.72 Å². The van der Waals surface area contributed by atoms with Gasteiger partial charge in [-0.15, -0.1) is 0 Å². The van der Waals surface area contributed by atoms with Crippen LogP contribution in [0.1, 0.15) is 12.5 Å². The van der Waals surface area contributed by atoms with Crippen LogP contribution in [0.15, 0.2) is 23.1 Å². The number of benzene rings is 1. The lowest BCUT2D eigenvalue weighted by Crippen LogP contribution is -2.43. The maximum atomic E-state index is 13.1. The fourth-order valence-electron chi connectivity index (χ4n) is 1.48. The maximum Gasteiger partial charge on any atom is 0.240 e. The molecule has 0 amide bonds. The van der Waals surface area contributed by atoms with Crippen LogP contribution < -0.4 is 4.72 Å². The van der Waals surface area contributed by atoms with E-state index < -0.39 is 21.4 Å². The van der Waals surface area contributed by atoms with Gasteiger partial charge in [-0.2, -0.15) is 0 Å². The van der Waals surface area contributed by atoms with Crippen LogP contribution in [0.4, 0.5) is 4.39 Å². The first kappa shape index (κ1) is 16.0. The molecule has 0 aromatic heterocycles. The topological polar surface area (TPSA) is 75.6 Å². The lowest BCUT2D eigenvalue weighted by atomic mass is 10.1. The summed E-state index contributed by atoms with van der Waals surface area (Å²) in [5.41, 5.74) is -1.07. The van der Waals surface area contributed by atoms with Crippen LogP contribution in [0, 0.1) is 12.7 Å². The number of hydrogen-bond donors (Lipinski definition) is 2. The molecule has 0 bridgehead atoms. The van der Waals surface area contributed by atoms with Crippen molar-refractivity contribution in [2.45, 2.75) is 24.3 Å². The summed E-state index contributed by atoms with van der Waals surface area (Å²) in [6.07, 6.45) is 0. The zero-order chi connectivity index (χ0) is 14.7. The number of aryl methyl sites for hydroxylation is 1. The van der Waals surface area contributed by atoms with E-state index in [2.05, 4.69) is 4.72 Å². The van der Waals surface area contributed by atoms with Gasteiger partial charge in [0, 0.05) is 13.7 Å². The highest BCUT2D eigenvalue weighted by atomic mass is 32.2. The second-order valence-electron chi connectivity index (χ2n) is 4.67. The first-order chi connectivity index (χ1) is 8.68. The zero-order valence-electron chi connectivity index (χ0n) is 11.1. The molecule has 2 N–H and O–H groups in total. The Kier molecular flexibility index (Phi) is 5.03. The highest BCUT2D eigenvalue weighted by Crippen LogP contribution is 2.14. The van der Waals surface area contributed by atoms with Gasteiger partial charge in [0.15, 0.2) is 0 Å². The van der Waals surface area contributed by atoms with Crippen LogP contribution in [0.3, 0.4) is 0 Å². The molecule has 0 radical (unpaired) electrons. The van der Waals surface area contributed by atoms with Crippen LogP contribution >= 0.6 is 0 Å². The molecule has 1 atom stereocenters. The van der Waals surface area contributed by atoms with Crippen LogP contribution in [0.2, 0.25) is 0 Å². The summed E-state index contributed by atoms with van der Waals surface area (Å²) < 4.78 is 44.1. The molecule has 0 aliphatic heterocycles. The Morgan fingerprint density at radius 3 is 2.63 bits per heavy atom. The molecular formula is C12H18FNO4S. The third kappa shape index (κ3) is 4.54. The number of ether oxygens (including phenoxy) is 1. The van der Waals surface area contributed by atoms with E-state index in [1.165, 1.54) is 33.1 Å². The molecule has 0 spiro atoms. The van der Waals surface area contributed by atoms with E-state index in [4.69, 9.17) is 4.74 Å². The number of methoxy groups -OCH3 is 1. The molecule has 19 heavy (non-hydrogen) atoms. The molecular weight excluding hydrogens is 273 g/mol. The lowest BCUT2D eigenvalue weighted by Gasteiger charge is -2.22. The van der Waals surface area contributed by atoms with E-state index in [1.54, 1.807) is 0 Å². The lowest BCUT2D eigenvalue weighted by molar-refractivity contribution is -0.0119. The monoisotopic (exact) mass is 291 g/mol. The minimum atomic E-state index is -3.78. The van der Waals surface area contributed by atoms with Gasteiger partial charge in [0.25, 0.3) is 0 Å². The smallest absolute Gasteiger partial charge is 0.240 e. The third-order valence-electron chi connectivity index (χ3n) is 2.54. The number of hydrogen-bond acceptors (Lipinski definition) is 4. The van der Waals surface area contributed by atoms with E-state index >= 15 is 0 Å². The highest BCUT2D eigenvalue weighted by molar-refractivity contribution is 7.89. The van der Waals surface area contributed by atoms with Crippen LogP contribution in [0.25, 0.3) is 0 Å². The molecule has 7 heteroatoms. The Bertz CT molecular complexity index is 543.